The van der Waals surface area contributed by atoms with E-state index in [4.69, 9.17) is 0 Å². The van der Waals surface area contributed by atoms with E-state index < -0.39 is 0 Å². The van der Waals surface area contributed by atoms with Crippen molar-refractivity contribution in [2.45, 2.75) is 13.5 Å². The molecule has 1 aliphatic heterocycles. The Bertz CT molecular complexity index is 450. The van der Waals surface area contributed by atoms with Crippen molar-refractivity contribution in [1.29, 1.82) is 0 Å². The van der Waals surface area contributed by atoms with Crippen molar-refractivity contribution >= 4 is 24.0 Å². The van der Waals surface area contributed by atoms with Gasteiger partial charge in [-0.25, -0.2) is 0 Å². The number of carbonyl (C=O) groups is 1. The third kappa shape index (κ3) is 4.47. The Kier molecular flexibility index (Phi) is 6.46. The molecule has 0 radical (unpaired) electrons. The van der Waals surface area contributed by atoms with Gasteiger partial charge in [0.05, 0.1) is 5.92 Å². The largest absolute Gasteiger partial charge is 0.326 e. The van der Waals surface area contributed by atoms with Crippen LogP contribution in [0.25, 0.3) is 0 Å². The molecule has 5 heteroatoms. The summed E-state index contributed by atoms with van der Waals surface area (Å²) in [5.74, 6) is 0.613. The number of amides is 1. The van der Waals surface area contributed by atoms with Gasteiger partial charge >= 0.3 is 0 Å². The van der Waals surface area contributed by atoms with Gasteiger partial charge in [0, 0.05) is 18.8 Å². The lowest BCUT2D eigenvalue weighted by Gasteiger charge is -2.15. The highest BCUT2D eigenvalue weighted by atomic mass is 35.5. The number of rotatable bonds is 4. The Labute approximate surface area is 127 Å². The Hall–Kier alpha value is -1.10. The van der Waals surface area contributed by atoms with Crippen LogP contribution in [0, 0.1) is 11.8 Å². The Morgan fingerprint density at radius 3 is 2.75 bits per heavy atom. The first-order valence-electron chi connectivity index (χ1n) is 6.81. The van der Waals surface area contributed by atoms with E-state index in [1.165, 1.54) is 5.56 Å². The summed E-state index contributed by atoms with van der Waals surface area (Å²) in [7, 11) is 4.08. The lowest BCUT2D eigenvalue weighted by Crippen LogP contribution is -2.27. The fraction of sp³-hybridized carbons (Fsp3) is 0.533. The predicted octanol–water partition coefficient (Wildman–Crippen LogP) is 1.96. The molecule has 2 N–H and O–H groups in total. The van der Waals surface area contributed by atoms with E-state index in [0.29, 0.717) is 5.92 Å². The third-order valence-electron chi connectivity index (χ3n) is 3.55. The molecule has 20 heavy (non-hydrogen) atoms. The number of benzene rings is 1. The van der Waals surface area contributed by atoms with Crippen LogP contribution in [0.5, 0.6) is 0 Å². The van der Waals surface area contributed by atoms with Gasteiger partial charge in [-0.05, 0) is 44.3 Å². The maximum absolute atomic E-state index is 12.2. The van der Waals surface area contributed by atoms with Gasteiger partial charge in [0.15, 0.2) is 0 Å². The molecule has 1 aliphatic rings. The molecule has 2 atom stereocenters. The summed E-state index contributed by atoms with van der Waals surface area (Å²) < 4.78 is 0. The van der Waals surface area contributed by atoms with Crippen LogP contribution in [-0.2, 0) is 11.3 Å². The predicted molar refractivity (Wildman–Crippen MR) is 85.2 cm³/mol. The number of anilines is 1. The topological polar surface area (TPSA) is 44.4 Å². The number of hydrogen-bond donors (Lipinski definition) is 2. The second-order valence-electron chi connectivity index (χ2n) is 5.67. The van der Waals surface area contributed by atoms with Gasteiger partial charge in [-0.3, -0.25) is 4.79 Å². The number of carbonyl (C=O) groups excluding carboxylic acids is 1. The third-order valence-corrected chi connectivity index (χ3v) is 3.55. The van der Waals surface area contributed by atoms with E-state index in [0.717, 1.165) is 25.3 Å². The molecular formula is C15H24ClN3O. The van der Waals surface area contributed by atoms with Crippen LogP contribution in [0.1, 0.15) is 12.5 Å². The van der Waals surface area contributed by atoms with Crippen LogP contribution in [0.4, 0.5) is 5.69 Å². The first-order valence-corrected chi connectivity index (χ1v) is 6.81. The molecule has 0 aromatic heterocycles. The van der Waals surface area contributed by atoms with Crippen molar-refractivity contribution in [2.75, 3.05) is 32.5 Å². The maximum Gasteiger partial charge on any atom is 0.229 e. The molecule has 1 aromatic rings. The second kappa shape index (κ2) is 7.62. The van der Waals surface area contributed by atoms with Crippen molar-refractivity contribution in [3.63, 3.8) is 0 Å². The quantitative estimate of drug-likeness (QED) is 0.893. The highest BCUT2D eigenvalue weighted by Crippen LogP contribution is 2.19. The highest BCUT2D eigenvalue weighted by molar-refractivity contribution is 5.93. The molecular weight excluding hydrogens is 274 g/mol. The molecule has 4 nitrogen and oxygen atoms in total. The number of nitrogens with one attached hydrogen (secondary N) is 2. The van der Waals surface area contributed by atoms with E-state index in [1.807, 2.05) is 32.3 Å². The minimum Gasteiger partial charge on any atom is -0.326 e. The van der Waals surface area contributed by atoms with Crippen LogP contribution in [0.2, 0.25) is 0 Å². The zero-order valence-corrected chi connectivity index (χ0v) is 13.2. The molecule has 2 rings (SSSR count). The molecule has 1 saturated heterocycles. The normalized spacial score (nSPS) is 21.6. The molecule has 0 spiro atoms. The summed E-state index contributed by atoms with van der Waals surface area (Å²) >= 11 is 0. The number of halogens is 1. The SMILES string of the molecule is C[C@@H]1CNC[C@H]1C(=O)Nc1cccc(CN(C)C)c1.Cl. The van der Waals surface area contributed by atoms with Crippen LogP contribution in [0.3, 0.4) is 0 Å². The number of hydrogen-bond acceptors (Lipinski definition) is 3. The lowest BCUT2D eigenvalue weighted by atomic mass is 9.97. The van der Waals surface area contributed by atoms with Gasteiger partial charge in [0.1, 0.15) is 0 Å². The maximum atomic E-state index is 12.2. The van der Waals surface area contributed by atoms with E-state index in [2.05, 4.69) is 28.5 Å². The van der Waals surface area contributed by atoms with E-state index in [-0.39, 0.29) is 24.2 Å². The second-order valence-corrected chi connectivity index (χ2v) is 5.67. The van der Waals surface area contributed by atoms with Gasteiger partial charge < -0.3 is 15.5 Å². The summed E-state index contributed by atoms with van der Waals surface area (Å²) in [6.07, 6.45) is 0. The van der Waals surface area contributed by atoms with E-state index in [9.17, 15) is 4.79 Å². The molecule has 0 aliphatic carbocycles. The van der Waals surface area contributed by atoms with Crippen LogP contribution in [-0.4, -0.2) is 38.0 Å². The monoisotopic (exact) mass is 297 g/mol. The molecule has 0 bridgehead atoms. The summed E-state index contributed by atoms with van der Waals surface area (Å²) in [4.78, 5) is 14.3. The molecule has 112 valence electrons. The first-order chi connectivity index (χ1) is 9.06. The average molecular weight is 298 g/mol. The van der Waals surface area contributed by atoms with E-state index in [1.54, 1.807) is 0 Å². The summed E-state index contributed by atoms with van der Waals surface area (Å²) in [5, 5.41) is 6.29. The average Bonchev–Trinajstić information content (AvgIpc) is 2.75. The highest BCUT2D eigenvalue weighted by Gasteiger charge is 2.29. The first kappa shape index (κ1) is 17.0. The van der Waals surface area contributed by atoms with Crippen molar-refractivity contribution in [1.82, 2.24) is 10.2 Å². The summed E-state index contributed by atoms with van der Waals surface area (Å²) in [5.41, 5.74) is 2.10. The molecule has 1 aromatic carbocycles. The Morgan fingerprint density at radius 1 is 1.40 bits per heavy atom. The van der Waals surface area contributed by atoms with Crippen molar-refractivity contribution in [3.8, 4) is 0 Å². The molecule has 1 amide bonds. The Balaban J connectivity index is 0.00000200. The fourth-order valence-electron chi connectivity index (χ4n) is 2.51. The van der Waals surface area contributed by atoms with Crippen LogP contribution < -0.4 is 10.6 Å². The van der Waals surface area contributed by atoms with Crippen molar-refractivity contribution < 1.29 is 4.79 Å². The van der Waals surface area contributed by atoms with Gasteiger partial charge in [0.2, 0.25) is 5.91 Å². The van der Waals surface area contributed by atoms with Crippen molar-refractivity contribution in [3.05, 3.63) is 29.8 Å². The molecule has 0 unspecified atom stereocenters. The summed E-state index contributed by atoms with van der Waals surface area (Å²) in [6, 6.07) is 8.06. The van der Waals surface area contributed by atoms with E-state index >= 15 is 0 Å². The molecule has 1 heterocycles. The smallest absolute Gasteiger partial charge is 0.229 e. The van der Waals surface area contributed by atoms with Gasteiger partial charge in [-0.15, -0.1) is 12.4 Å². The standard InChI is InChI=1S/C15H23N3O.ClH/c1-11-8-16-9-14(11)15(19)17-13-6-4-5-12(7-13)10-18(2)3;/h4-7,11,14,16H,8-10H2,1-3H3,(H,17,19);1H/t11-,14-;/m1./s1. The zero-order chi connectivity index (χ0) is 13.8. The van der Waals surface area contributed by atoms with Crippen LogP contribution in [0.15, 0.2) is 24.3 Å². The minimum absolute atomic E-state index is 0. The molecule has 1 fully saturated rings. The number of nitrogens with zero attached hydrogens (tertiary/aromatic N) is 1. The van der Waals surface area contributed by atoms with Gasteiger partial charge in [0.25, 0.3) is 0 Å². The fourth-order valence-corrected chi connectivity index (χ4v) is 2.51. The Morgan fingerprint density at radius 2 is 2.15 bits per heavy atom. The van der Waals surface area contributed by atoms with Gasteiger partial charge in [-0.2, -0.15) is 0 Å². The van der Waals surface area contributed by atoms with Crippen LogP contribution >= 0.6 is 12.4 Å². The minimum atomic E-state index is 0. The van der Waals surface area contributed by atoms with Gasteiger partial charge in [-0.1, -0.05) is 19.1 Å². The van der Waals surface area contributed by atoms with Crippen molar-refractivity contribution in [2.24, 2.45) is 11.8 Å². The summed E-state index contributed by atoms with van der Waals surface area (Å²) in [6.45, 7) is 4.71. The lowest BCUT2D eigenvalue weighted by molar-refractivity contribution is -0.120. The zero-order valence-electron chi connectivity index (χ0n) is 12.3. The molecule has 0 saturated carbocycles.